The molecule has 194 valence electrons. The van der Waals surface area contributed by atoms with Gasteiger partial charge in [-0.05, 0) is 31.2 Å². The van der Waals surface area contributed by atoms with Crippen LogP contribution in [0.2, 0.25) is 0 Å². The predicted molar refractivity (Wildman–Crippen MR) is 134 cm³/mol. The van der Waals surface area contributed by atoms with E-state index in [4.69, 9.17) is 14.2 Å². The number of amides is 3. The third kappa shape index (κ3) is 6.58. The topological polar surface area (TPSA) is 110 Å². The maximum atomic E-state index is 13.4. The number of carbonyl (C=O) groups is 3. The highest BCUT2D eigenvalue weighted by Gasteiger charge is 2.31. The molecular weight excluding hydrogens is 464 g/mol. The summed E-state index contributed by atoms with van der Waals surface area (Å²) >= 11 is 0. The van der Waals surface area contributed by atoms with Crippen molar-refractivity contribution in [1.82, 2.24) is 14.8 Å². The van der Waals surface area contributed by atoms with Crippen LogP contribution in [0.5, 0.6) is 5.75 Å². The van der Waals surface area contributed by atoms with Gasteiger partial charge in [-0.1, -0.05) is 6.92 Å². The molecule has 1 aliphatic heterocycles. The molecule has 1 aliphatic rings. The molecule has 3 rings (SSSR count). The Morgan fingerprint density at radius 2 is 1.97 bits per heavy atom. The zero-order chi connectivity index (χ0) is 26.2. The van der Waals surface area contributed by atoms with E-state index in [0.717, 1.165) is 0 Å². The number of pyridine rings is 1. The molecule has 0 aliphatic carbocycles. The number of anilines is 1. The minimum atomic E-state index is -0.329. The second-order valence-electron chi connectivity index (χ2n) is 8.99. The van der Waals surface area contributed by atoms with E-state index >= 15 is 0 Å². The number of likely N-dealkylation sites (N-methyl/N-ethyl adjacent to an activating group) is 1. The van der Waals surface area contributed by atoms with Gasteiger partial charge >= 0.3 is 0 Å². The summed E-state index contributed by atoms with van der Waals surface area (Å²) < 4.78 is 16.7. The number of hydrogen-bond acceptors (Lipinski definition) is 7. The SMILES string of the molecule is COCC(=O)Nc1ccc2c(c1)OC[C@H](C)N(C(=O)c1cccnc1)C[C@H](C)[C@@H](OC)CN(C)C2=O. The van der Waals surface area contributed by atoms with Crippen molar-refractivity contribution in [3.63, 3.8) is 0 Å². The lowest BCUT2D eigenvalue weighted by atomic mass is 10.0. The van der Waals surface area contributed by atoms with Crippen LogP contribution >= 0.6 is 0 Å². The lowest BCUT2D eigenvalue weighted by Gasteiger charge is -2.36. The Morgan fingerprint density at radius 1 is 1.19 bits per heavy atom. The lowest BCUT2D eigenvalue weighted by molar-refractivity contribution is -0.119. The molecular formula is C26H34N4O6. The van der Waals surface area contributed by atoms with Crippen molar-refractivity contribution >= 4 is 23.4 Å². The summed E-state index contributed by atoms with van der Waals surface area (Å²) in [6, 6.07) is 8.00. The third-order valence-corrected chi connectivity index (χ3v) is 6.18. The van der Waals surface area contributed by atoms with Crippen LogP contribution in [0.3, 0.4) is 0 Å². The normalized spacial score (nSPS) is 21.0. The van der Waals surface area contributed by atoms with E-state index in [0.29, 0.717) is 35.7 Å². The van der Waals surface area contributed by atoms with Gasteiger partial charge in [0.05, 0.1) is 23.3 Å². The highest BCUT2D eigenvalue weighted by molar-refractivity contribution is 5.98. The van der Waals surface area contributed by atoms with Gasteiger partial charge in [0.25, 0.3) is 11.8 Å². The molecule has 10 nitrogen and oxygen atoms in total. The van der Waals surface area contributed by atoms with Gasteiger partial charge in [-0.2, -0.15) is 0 Å². The Kier molecular flexibility index (Phi) is 9.38. The maximum Gasteiger partial charge on any atom is 0.257 e. The maximum absolute atomic E-state index is 13.4. The fourth-order valence-electron chi connectivity index (χ4n) is 4.12. The van der Waals surface area contributed by atoms with Crippen molar-refractivity contribution in [1.29, 1.82) is 0 Å². The first-order valence-electron chi connectivity index (χ1n) is 11.8. The molecule has 3 atom stereocenters. The minimum absolute atomic E-state index is 0.0643. The van der Waals surface area contributed by atoms with E-state index < -0.39 is 0 Å². The first kappa shape index (κ1) is 27.1. The van der Waals surface area contributed by atoms with Gasteiger partial charge in [-0.15, -0.1) is 0 Å². The summed E-state index contributed by atoms with van der Waals surface area (Å²) in [5, 5.41) is 2.73. The van der Waals surface area contributed by atoms with Crippen molar-refractivity contribution in [3.05, 3.63) is 53.9 Å². The smallest absolute Gasteiger partial charge is 0.257 e. The van der Waals surface area contributed by atoms with Crippen LogP contribution in [-0.4, -0.2) is 92.2 Å². The monoisotopic (exact) mass is 498 g/mol. The van der Waals surface area contributed by atoms with Crippen molar-refractivity contribution in [3.8, 4) is 5.75 Å². The molecule has 0 spiro atoms. The predicted octanol–water partition coefficient (Wildman–Crippen LogP) is 2.31. The van der Waals surface area contributed by atoms with E-state index in [1.165, 1.54) is 7.11 Å². The molecule has 1 aromatic heterocycles. The highest BCUT2D eigenvalue weighted by atomic mass is 16.5. The first-order chi connectivity index (χ1) is 17.2. The van der Waals surface area contributed by atoms with Gasteiger partial charge in [0.2, 0.25) is 5.91 Å². The van der Waals surface area contributed by atoms with Crippen LogP contribution in [0, 0.1) is 5.92 Å². The molecule has 2 heterocycles. The zero-order valence-corrected chi connectivity index (χ0v) is 21.4. The first-order valence-corrected chi connectivity index (χ1v) is 11.8. The van der Waals surface area contributed by atoms with Crippen LogP contribution < -0.4 is 10.1 Å². The van der Waals surface area contributed by atoms with E-state index in [-0.39, 0.29) is 49.0 Å². The molecule has 0 radical (unpaired) electrons. The molecule has 1 aromatic carbocycles. The summed E-state index contributed by atoms with van der Waals surface area (Å²) in [7, 11) is 4.74. The molecule has 3 amide bonds. The standard InChI is InChI=1S/C26H34N4O6/c1-17-13-30(25(32)19-7-6-10-27-12-19)18(2)15-36-22-11-20(28-24(31)16-34-4)8-9-21(22)26(33)29(3)14-23(17)35-5/h6-12,17-18,23H,13-16H2,1-5H3,(H,28,31)/t17-,18-,23-/m0/s1. The number of nitrogens with one attached hydrogen (secondary N) is 1. The minimum Gasteiger partial charge on any atom is -0.491 e. The highest BCUT2D eigenvalue weighted by Crippen LogP contribution is 2.27. The number of hydrogen-bond donors (Lipinski definition) is 1. The van der Waals surface area contributed by atoms with E-state index in [9.17, 15) is 14.4 Å². The van der Waals surface area contributed by atoms with Crippen molar-refractivity contribution in [2.24, 2.45) is 5.92 Å². The molecule has 10 heteroatoms. The summed E-state index contributed by atoms with van der Waals surface area (Å²) in [4.78, 5) is 46.1. The number of methoxy groups -OCH3 is 2. The number of carbonyl (C=O) groups excluding carboxylic acids is 3. The van der Waals surface area contributed by atoms with Gasteiger partial charge in [-0.3, -0.25) is 19.4 Å². The van der Waals surface area contributed by atoms with Gasteiger partial charge in [0, 0.05) is 64.4 Å². The number of fused-ring (bicyclic) bond motifs is 1. The number of ether oxygens (including phenoxy) is 3. The number of rotatable bonds is 5. The average Bonchev–Trinajstić information content (AvgIpc) is 2.88. The molecule has 0 unspecified atom stereocenters. The number of nitrogens with zero attached hydrogens (tertiary/aromatic N) is 3. The number of aromatic nitrogens is 1. The van der Waals surface area contributed by atoms with Gasteiger partial charge in [0.15, 0.2) is 0 Å². The fraction of sp³-hybridized carbons (Fsp3) is 0.462. The van der Waals surface area contributed by atoms with Gasteiger partial charge in [0.1, 0.15) is 19.0 Å². The van der Waals surface area contributed by atoms with E-state index in [1.54, 1.807) is 66.7 Å². The van der Waals surface area contributed by atoms with Crippen LogP contribution in [0.15, 0.2) is 42.7 Å². The second kappa shape index (κ2) is 12.5. The lowest BCUT2D eigenvalue weighted by Crippen LogP contribution is -2.48. The summed E-state index contributed by atoms with van der Waals surface area (Å²) in [5.41, 5.74) is 1.30. The molecule has 0 saturated heterocycles. The summed E-state index contributed by atoms with van der Waals surface area (Å²) in [6.07, 6.45) is 2.86. The van der Waals surface area contributed by atoms with Crippen LogP contribution in [-0.2, 0) is 14.3 Å². The number of benzene rings is 1. The molecule has 0 fully saturated rings. The Balaban J connectivity index is 1.97. The van der Waals surface area contributed by atoms with Gasteiger partial charge < -0.3 is 29.3 Å². The van der Waals surface area contributed by atoms with Crippen LogP contribution in [0.1, 0.15) is 34.6 Å². The molecule has 2 aromatic rings. The van der Waals surface area contributed by atoms with E-state index in [1.807, 2.05) is 13.8 Å². The Hall–Kier alpha value is -3.50. The summed E-state index contributed by atoms with van der Waals surface area (Å²) in [6.45, 7) is 4.66. The average molecular weight is 499 g/mol. The van der Waals surface area contributed by atoms with Crippen LogP contribution in [0.25, 0.3) is 0 Å². The van der Waals surface area contributed by atoms with Gasteiger partial charge in [-0.25, -0.2) is 0 Å². The molecule has 36 heavy (non-hydrogen) atoms. The Morgan fingerprint density at radius 3 is 2.64 bits per heavy atom. The summed E-state index contributed by atoms with van der Waals surface area (Å²) in [5.74, 6) is -0.475. The molecule has 0 saturated carbocycles. The Labute approximate surface area is 211 Å². The Bertz CT molecular complexity index is 1060. The van der Waals surface area contributed by atoms with Crippen molar-refractivity contribution in [2.45, 2.75) is 26.0 Å². The van der Waals surface area contributed by atoms with E-state index in [2.05, 4.69) is 10.3 Å². The zero-order valence-electron chi connectivity index (χ0n) is 21.4. The third-order valence-electron chi connectivity index (χ3n) is 6.18. The van der Waals surface area contributed by atoms with Crippen molar-refractivity contribution < 1.29 is 28.6 Å². The molecule has 1 N–H and O–H groups in total. The largest absolute Gasteiger partial charge is 0.491 e. The second-order valence-corrected chi connectivity index (χ2v) is 8.99. The fourth-order valence-corrected chi connectivity index (χ4v) is 4.12. The quantitative estimate of drug-likeness (QED) is 0.674. The molecule has 0 bridgehead atoms. The van der Waals surface area contributed by atoms with Crippen molar-refractivity contribution in [2.75, 3.05) is 52.9 Å². The van der Waals surface area contributed by atoms with Crippen LogP contribution in [0.4, 0.5) is 5.69 Å².